The molecule has 2 aromatic heterocycles. The number of carboxylic acid groups (broad SMARTS) is 1. The lowest BCUT2D eigenvalue weighted by molar-refractivity contribution is -0.122. The Morgan fingerprint density at radius 1 is 1.45 bits per heavy atom. The van der Waals surface area contributed by atoms with E-state index in [0.29, 0.717) is 17.4 Å². The summed E-state index contributed by atoms with van der Waals surface area (Å²) in [6.07, 6.45) is 0.880. The van der Waals surface area contributed by atoms with Crippen LogP contribution in [0.15, 0.2) is 21.9 Å². The van der Waals surface area contributed by atoms with Crippen LogP contribution in [0.5, 0.6) is 0 Å². The molecule has 3 rings (SSSR count). The van der Waals surface area contributed by atoms with E-state index in [2.05, 4.69) is 23.7 Å². The summed E-state index contributed by atoms with van der Waals surface area (Å²) in [5.74, 6) is 0.154. The number of amides is 1. The zero-order valence-corrected chi connectivity index (χ0v) is 13.2. The van der Waals surface area contributed by atoms with E-state index in [1.165, 1.54) is 16.5 Å². The summed E-state index contributed by atoms with van der Waals surface area (Å²) in [5.41, 5.74) is 1.39. The molecule has 22 heavy (non-hydrogen) atoms. The molecule has 1 saturated carbocycles. The van der Waals surface area contributed by atoms with Crippen molar-refractivity contribution in [3.63, 3.8) is 0 Å². The smallest absolute Gasteiger partial charge is 0.339 e. The van der Waals surface area contributed by atoms with Crippen molar-refractivity contribution < 1.29 is 19.1 Å². The highest BCUT2D eigenvalue weighted by molar-refractivity contribution is 7.10. The Hall–Kier alpha value is -2.08. The molecule has 1 aliphatic carbocycles. The summed E-state index contributed by atoms with van der Waals surface area (Å²) >= 11 is 1.70. The van der Waals surface area contributed by atoms with Crippen molar-refractivity contribution in [1.29, 1.82) is 0 Å². The van der Waals surface area contributed by atoms with Gasteiger partial charge >= 0.3 is 5.97 Å². The van der Waals surface area contributed by atoms with Crippen LogP contribution in [0.4, 0.5) is 0 Å². The number of rotatable bonds is 5. The van der Waals surface area contributed by atoms with Gasteiger partial charge in [-0.3, -0.25) is 4.79 Å². The molecule has 0 aliphatic heterocycles. The molecule has 6 heteroatoms. The van der Waals surface area contributed by atoms with Crippen molar-refractivity contribution >= 4 is 23.2 Å². The molecule has 0 bridgehead atoms. The van der Waals surface area contributed by atoms with Gasteiger partial charge < -0.3 is 14.8 Å². The van der Waals surface area contributed by atoms with Gasteiger partial charge in [-0.25, -0.2) is 4.79 Å². The van der Waals surface area contributed by atoms with Crippen molar-refractivity contribution in [1.82, 2.24) is 5.32 Å². The maximum absolute atomic E-state index is 12.2. The van der Waals surface area contributed by atoms with Gasteiger partial charge in [0.05, 0.1) is 6.54 Å². The highest BCUT2D eigenvalue weighted by atomic mass is 32.1. The van der Waals surface area contributed by atoms with Crippen LogP contribution in [0.3, 0.4) is 0 Å². The fourth-order valence-electron chi connectivity index (χ4n) is 2.69. The van der Waals surface area contributed by atoms with E-state index in [1.54, 1.807) is 18.3 Å². The Kier molecular flexibility index (Phi) is 3.78. The second-order valence-electron chi connectivity index (χ2n) is 5.62. The van der Waals surface area contributed by atoms with Crippen molar-refractivity contribution in [2.24, 2.45) is 5.92 Å². The third kappa shape index (κ3) is 2.78. The van der Waals surface area contributed by atoms with Gasteiger partial charge in [-0.15, -0.1) is 11.3 Å². The second kappa shape index (κ2) is 5.61. The summed E-state index contributed by atoms with van der Waals surface area (Å²) in [4.78, 5) is 24.4. The normalized spacial score (nSPS) is 19.9. The zero-order chi connectivity index (χ0) is 15.9. The first-order valence-electron chi connectivity index (χ1n) is 7.11. The molecule has 2 atom stereocenters. The van der Waals surface area contributed by atoms with Crippen LogP contribution in [0.2, 0.25) is 0 Å². The molecule has 116 valence electrons. The molecule has 2 N–H and O–H groups in total. The Bertz CT molecular complexity index is 730. The first-order valence-corrected chi connectivity index (χ1v) is 7.99. The lowest BCUT2D eigenvalue weighted by Crippen LogP contribution is -2.24. The van der Waals surface area contributed by atoms with E-state index in [9.17, 15) is 9.59 Å². The van der Waals surface area contributed by atoms with Crippen molar-refractivity contribution in [3.05, 3.63) is 45.0 Å². The van der Waals surface area contributed by atoms with Crippen LogP contribution < -0.4 is 5.32 Å². The van der Waals surface area contributed by atoms with Crippen molar-refractivity contribution in [2.75, 3.05) is 0 Å². The van der Waals surface area contributed by atoms with Crippen molar-refractivity contribution in [3.8, 4) is 0 Å². The highest BCUT2D eigenvalue weighted by Gasteiger charge is 2.45. The topological polar surface area (TPSA) is 79.5 Å². The Labute approximate surface area is 132 Å². The standard InChI is InChI=1S/C16H17NO4S/c1-8-3-4-22-14(8)12-6-13(12)15(18)17-7-10-5-11(16(19)20)9(2)21-10/h3-5,12-13H,6-7H2,1-2H3,(H,17,18)(H,19,20)/t12-,13+/m0/s1. The molecule has 0 saturated heterocycles. The number of thiophene rings is 1. The Morgan fingerprint density at radius 3 is 2.82 bits per heavy atom. The Morgan fingerprint density at radius 2 is 2.23 bits per heavy atom. The number of carboxylic acids is 1. The van der Waals surface area contributed by atoms with Gasteiger partial charge in [0.1, 0.15) is 17.1 Å². The first kappa shape index (κ1) is 14.8. The summed E-state index contributed by atoms with van der Waals surface area (Å²) < 4.78 is 5.35. The van der Waals surface area contributed by atoms with Crippen molar-refractivity contribution in [2.45, 2.75) is 32.7 Å². The second-order valence-corrected chi connectivity index (χ2v) is 6.57. The predicted octanol–water partition coefficient (Wildman–Crippen LogP) is 3.08. The minimum atomic E-state index is -1.02. The molecule has 5 nitrogen and oxygen atoms in total. The van der Waals surface area contributed by atoms with Gasteiger partial charge in [-0.05, 0) is 43.3 Å². The van der Waals surface area contributed by atoms with Gasteiger partial charge in [-0.2, -0.15) is 0 Å². The average molecular weight is 319 g/mol. The van der Waals surface area contributed by atoms with Gasteiger partial charge in [-0.1, -0.05) is 0 Å². The highest BCUT2D eigenvalue weighted by Crippen LogP contribution is 2.50. The van der Waals surface area contributed by atoms with Crippen LogP contribution in [0.1, 0.15) is 44.7 Å². The van der Waals surface area contributed by atoms with Crippen LogP contribution in [-0.4, -0.2) is 17.0 Å². The first-order chi connectivity index (χ1) is 10.5. The Balaban J connectivity index is 1.57. The maximum Gasteiger partial charge on any atom is 0.339 e. The number of hydrogen-bond donors (Lipinski definition) is 2. The predicted molar refractivity (Wildman–Crippen MR) is 82.2 cm³/mol. The maximum atomic E-state index is 12.2. The van der Waals surface area contributed by atoms with Gasteiger partial charge in [0.15, 0.2) is 0 Å². The molecule has 2 aromatic rings. The van der Waals surface area contributed by atoms with Crippen LogP contribution in [0.25, 0.3) is 0 Å². The number of aryl methyl sites for hydroxylation is 2. The lowest BCUT2D eigenvalue weighted by Gasteiger charge is -2.02. The largest absolute Gasteiger partial charge is 0.478 e. The summed E-state index contributed by atoms with van der Waals surface area (Å²) in [6, 6.07) is 3.54. The molecule has 0 unspecified atom stereocenters. The molecule has 0 spiro atoms. The summed E-state index contributed by atoms with van der Waals surface area (Å²) in [7, 11) is 0. The fourth-order valence-corrected chi connectivity index (χ4v) is 3.80. The molecular weight excluding hydrogens is 302 g/mol. The van der Waals surface area contributed by atoms with E-state index in [4.69, 9.17) is 9.52 Å². The zero-order valence-electron chi connectivity index (χ0n) is 12.4. The minimum Gasteiger partial charge on any atom is -0.478 e. The van der Waals surface area contributed by atoms with E-state index < -0.39 is 5.97 Å². The minimum absolute atomic E-state index is 0.00345. The number of carbonyl (C=O) groups is 2. The number of hydrogen-bond acceptors (Lipinski definition) is 4. The fraction of sp³-hybridized carbons (Fsp3) is 0.375. The number of carbonyl (C=O) groups excluding carboxylic acids is 1. The quantitative estimate of drug-likeness (QED) is 0.887. The third-order valence-electron chi connectivity index (χ3n) is 4.00. The van der Waals surface area contributed by atoms with Gasteiger partial charge in [0.2, 0.25) is 5.91 Å². The van der Waals surface area contributed by atoms with E-state index in [-0.39, 0.29) is 23.9 Å². The molecule has 1 fully saturated rings. The van der Waals surface area contributed by atoms with Crippen LogP contribution in [-0.2, 0) is 11.3 Å². The van der Waals surface area contributed by atoms with Gasteiger partial charge in [0.25, 0.3) is 0 Å². The molecule has 0 aromatic carbocycles. The van der Waals surface area contributed by atoms with E-state index in [1.807, 2.05) is 0 Å². The molecule has 0 radical (unpaired) electrons. The lowest BCUT2D eigenvalue weighted by atomic mass is 10.2. The SMILES string of the molecule is Cc1ccsc1[C@H]1C[C@H]1C(=O)NCc1cc(C(=O)O)c(C)o1. The van der Waals surface area contributed by atoms with Gasteiger partial charge in [0, 0.05) is 16.7 Å². The average Bonchev–Trinajstić information content (AvgIpc) is 2.99. The van der Waals surface area contributed by atoms with Crippen LogP contribution in [0, 0.1) is 19.8 Å². The molecule has 1 amide bonds. The molecule has 2 heterocycles. The summed E-state index contributed by atoms with van der Waals surface area (Å²) in [6.45, 7) is 3.89. The molecule has 1 aliphatic rings. The van der Waals surface area contributed by atoms with Crippen LogP contribution >= 0.6 is 11.3 Å². The number of aromatic carboxylic acids is 1. The monoisotopic (exact) mass is 319 g/mol. The van der Waals surface area contributed by atoms with E-state index >= 15 is 0 Å². The third-order valence-corrected chi connectivity index (χ3v) is 5.15. The number of nitrogens with one attached hydrogen (secondary N) is 1. The number of furan rings is 1. The summed E-state index contributed by atoms with van der Waals surface area (Å²) in [5, 5.41) is 13.9. The van der Waals surface area contributed by atoms with E-state index in [0.717, 1.165) is 6.42 Å². The molecular formula is C16H17NO4S.